The van der Waals surface area contributed by atoms with Gasteiger partial charge in [-0.3, -0.25) is 4.99 Å². The summed E-state index contributed by atoms with van der Waals surface area (Å²) in [4.78, 5) is 4.48. The molecule has 2 aromatic carbocycles. The number of rotatable bonds is 4. The lowest BCUT2D eigenvalue weighted by atomic mass is 10.00. The van der Waals surface area contributed by atoms with E-state index in [9.17, 15) is 0 Å². The first-order chi connectivity index (χ1) is 9.83. The molecule has 0 spiro atoms. The van der Waals surface area contributed by atoms with Crippen molar-refractivity contribution in [1.29, 1.82) is 0 Å². The summed E-state index contributed by atoms with van der Waals surface area (Å²) in [6, 6.07) is 18.0. The first-order valence-corrected chi connectivity index (χ1v) is 6.94. The van der Waals surface area contributed by atoms with Crippen molar-refractivity contribution in [2.75, 3.05) is 13.1 Å². The van der Waals surface area contributed by atoms with E-state index in [0.29, 0.717) is 5.92 Å². The SMILES string of the molecule is CC(C1=NCCN1)c1ccc(Oc2ccccc2)cc1.Cl. The maximum Gasteiger partial charge on any atom is 0.127 e. The highest BCUT2D eigenvalue weighted by atomic mass is 35.5. The van der Waals surface area contributed by atoms with Crippen LogP contribution in [-0.4, -0.2) is 18.9 Å². The molecule has 1 aliphatic heterocycles. The average molecular weight is 303 g/mol. The maximum absolute atomic E-state index is 5.79. The third-order valence-corrected chi connectivity index (χ3v) is 3.47. The summed E-state index contributed by atoms with van der Waals surface area (Å²) in [6.07, 6.45) is 0. The monoisotopic (exact) mass is 302 g/mol. The second kappa shape index (κ2) is 7.14. The molecule has 0 saturated carbocycles. The molecule has 0 radical (unpaired) electrons. The van der Waals surface area contributed by atoms with Crippen molar-refractivity contribution in [2.45, 2.75) is 12.8 Å². The molecular formula is C17H19ClN2O. The Morgan fingerprint density at radius 1 is 1.00 bits per heavy atom. The molecule has 0 fully saturated rings. The van der Waals surface area contributed by atoms with Gasteiger partial charge in [0, 0.05) is 12.5 Å². The van der Waals surface area contributed by atoms with Crippen LogP contribution >= 0.6 is 12.4 Å². The van der Waals surface area contributed by atoms with Gasteiger partial charge in [0.05, 0.1) is 6.54 Å². The number of nitrogens with one attached hydrogen (secondary N) is 1. The number of aliphatic imine (C=N–C) groups is 1. The number of ether oxygens (including phenoxy) is 1. The summed E-state index contributed by atoms with van der Waals surface area (Å²) >= 11 is 0. The molecule has 0 bridgehead atoms. The minimum Gasteiger partial charge on any atom is -0.457 e. The van der Waals surface area contributed by atoms with Crippen molar-refractivity contribution in [2.24, 2.45) is 4.99 Å². The molecule has 1 atom stereocenters. The molecule has 0 aromatic heterocycles. The highest BCUT2D eigenvalue weighted by Crippen LogP contribution is 2.24. The summed E-state index contributed by atoms with van der Waals surface area (Å²) in [7, 11) is 0. The Balaban J connectivity index is 0.00000161. The van der Waals surface area contributed by atoms with Crippen molar-refractivity contribution < 1.29 is 4.74 Å². The van der Waals surface area contributed by atoms with E-state index < -0.39 is 0 Å². The van der Waals surface area contributed by atoms with Crippen molar-refractivity contribution >= 4 is 18.2 Å². The Morgan fingerprint density at radius 2 is 1.67 bits per heavy atom. The zero-order valence-corrected chi connectivity index (χ0v) is 12.8. The zero-order valence-electron chi connectivity index (χ0n) is 12.0. The van der Waals surface area contributed by atoms with Crippen LogP contribution in [0.1, 0.15) is 18.4 Å². The van der Waals surface area contributed by atoms with Gasteiger partial charge in [-0.05, 0) is 29.8 Å². The van der Waals surface area contributed by atoms with Crippen LogP contribution in [0.25, 0.3) is 0 Å². The topological polar surface area (TPSA) is 33.6 Å². The van der Waals surface area contributed by atoms with Crippen LogP contribution in [0.2, 0.25) is 0 Å². The van der Waals surface area contributed by atoms with Gasteiger partial charge in [-0.2, -0.15) is 0 Å². The lowest BCUT2D eigenvalue weighted by molar-refractivity contribution is 0.482. The van der Waals surface area contributed by atoms with E-state index >= 15 is 0 Å². The Morgan fingerprint density at radius 3 is 2.29 bits per heavy atom. The molecule has 0 saturated heterocycles. The van der Waals surface area contributed by atoms with E-state index in [-0.39, 0.29) is 12.4 Å². The van der Waals surface area contributed by atoms with Crippen LogP contribution in [0.4, 0.5) is 0 Å². The summed E-state index contributed by atoms with van der Waals surface area (Å²) < 4.78 is 5.79. The second-order valence-electron chi connectivity index (χ2n) is 4.90. The normalized spacial score (nSPS) is 14.6. The van der Waals surface area contributed by atoms with E-state index in [1.54, 1.807) is 0 Å². The van der Waals surface area contributed by atoms with Gasteiger partial charge < -0.3 is 10.1 Å². The van der Waals surface area contributed by atoms with Gasteiger partial charge >= 0.3 is 0 Å². The molecule has 3 nitrogen and oxygen atoms in total. The fourth-order valence-electron chi connectivity index (χ4n) is 2.31. The van der Waals surface area contributed by atoms with Gasteiger partial charge in [-0.15, -0.1) is 12.4 Å². The van der Waals surface area contributed by atoms with E-state index in [2.05, 4.69) is 29.4 Å². The van der Waals surface area contributed by atoms with E-state index in [1.807, 2.05) is 42.5 Å². The smallest absolute Gasteiger partial charge is 0.127 e. The Hall–Kier alpha value is -2.00. The number of nitrogens with zero attached hydrogens (tertiary/aromatic N) is 1. The lowest BCUT2D eigenvalue weighted by Gasteiger charge is -2.13. The van der Waals surface area contributed by atoms with Crippen LogP contribution in [0.3, 0.4) is 0 Å². The zero-order chi connectivity index (χ0) is 13.8. The van der Waals surface area contributed by atoms with E-state index in [4.69, 9.17) is 4.74 Å². The molecular weight excluding hydrogens is 284 g/mol. The minimum absolute atomic E-state index is 0. The average Bonchev–Trinajstić information content (AvgIpc) is 3.03. The number of hydrogen-bond donors (Lipinski definition) is 1. The van der Waals surface area contributed by atoms with Gasteiger partial charge in [0.1, 0.15) is 17.3 Å². The Labute approximate surface area is 131 Å². The van der Waals surface area contributed by atoms with Crippen molar-refractivity contribution in [1.82, 2.24) is 5.32 Å². The van der Waals surface area contributed by atoms with Crippen LogP contribution in [-0.2, 0) is 0 Å². The van der Waals surface area contributed by atoms with Crippen LogP contribution in [0, 0.1) is 0 Å². The molecule has 21 heavy (non-hydrogen) atoms. The predicted octanol–water partition coefficient (Wildman–Crippen LogP) is 4.01. The fraction of sp³-hybridized carbons (Fsp3) is 0.235. The fourth-order valence-corrected chi connectivity index (χ4v) is 2.31. The maximum atomic E-state index is 5.79. The van der Waals surface area contributed by atoms with Crippen LogP contribution in [0.5, 0.6) is 11.5 Å². The Kier molecular flexibility index (Phi) is 5.23. The molecule has 0 aliphatic carbocycles. The molecule has 3 rings (SSSR count). The highest BCUT2D eigenvalue weighted by molar-refractivity contribution is 5.89. The highest BCUT2D eigenvalue weighted by Gasteiger charge is 2.15. The number of amidine groups is 1. The van der Waals surface area contributed by atoms with Gasteiger partial charge in [-0.25, -0.2) is 0 Å². The van der Waals surface area contributed by atoms with E-state index in [0.717, 1.165) is 30.4 Å². The number of halogens is 1. The standard InChI is InChI=1S/C17H18N2O.ClH/c1-13(17-18-11-12-19-17)14-7-9-16(10-8-14)20-15-5-3-2-4-6-15;/h2-10,13H,11-12H2,1H3,(H,18,19);1H. The minimum atomic E-state index is 0. The van der Waals surface area contributed by atoms with Crippen molar-refractivity contribution in [3.63, 3.8) is 0 Å². The van der Waals surface area contributed by atoms with Gasteiger partial charge in [-0.1, -0.05) is 37.3 Å². The summed E-state index contributed by atoms with van der Waals surface area (Å²) in [5.41, 5.74) is 1.25. The number of hydrogen-bond acceptors (Lipinski definition) is 3. The van der Waals surface area contributed by atoms with Gasteiger partial charge in [0.25, 0.3) is 0 Å². The van der Waals surface area contributed by atoms with Gasteiger partial charge in [0.2, 0.25) is 0 Å². The molecule has 1 aliphatic rings. The molecule has 2 aromatic rings. The number of benzene rings is 2. The van der Waals surface area contributed by atoms with Crippen LogP contribution in [0.15, 0.2) is 59.6 Å². The number of para-hydroxylation sites is 1. The first-order valence-electron chi connectivity index (χ1n) is 6.94. The van der Waals surface area contributed by atoms with E-state index in [1.165, 1.54) is 5.56 Å². The predicted molar refractivity (Wildman–Crippen MR) is 88.9 cm³/mol. The summed E-state index contributed by atoms with van der Waals surface area (Å²) in [5.74, 6) is 3.11. The first kappa shape index (κ1) is 15.4. The molecule has 110 valence electrons. The second-order valence-corrected chi connectivity index (χ2v) is 4.90. The van der Waals surface area contributed by atoms with Crippen molar-refractivity contribution in [3.8, 4) is 11.5 Å². The molecule has 1 unspecified atom stereocenters. The summed E-state index contributed by atoms with van der Waals surface area (Å²) in [6.45, 7) is 4.01. The van der Waals surface area contributed by atoms with Crippen LogP contribution < -0.4 is 10.1 Å². The lowest BCUT2D eigenvalue weighted by Crippen LogP contribution is -2.23. The third-order valence-electron chi connectivity index (χ3n) is 3.47. The summed E-state index contributed by atoms with van der Waals surface area (Å²) in [5, 5.41) is 3.33. The molecule has 1 N–H and O–H groups in total. The van der Waals surface area contributed by atoms with Gasteiger partial charge in [0.15, 0.2) is 0 Å². The Bertz CT molecular complexity index is 596. The largest absolute Gasteiger partial charge is 0.457 e. The molecule has 0 amide bonds. The molecule has 4 heteroatoms. The quantitative estimate of drug-likeness (QED) is 0.926. The molecule has 1 heterocycles. The third kappa shape index (κ3) is 3.76. The van der Waals surface area contributed by atoms with Crippen molar-refractivity contribution in [3.05, 3.63) is 60.2 Å².